The normalized spacial score (nSPS) is 18.9. The second-order valence-electron chi connectivity index (χ2n) is 7.52. The Morgan fingerprint density at radius 3 is 2.41 bits per heavy atom. The Kier molecular flexibility index (Phi) is 7.66. The fraction of sp³-hybridized carbons (Fsp3) is 0.684. The molecule has 0 aliphatic carbocycles. The van der Waals surface area contributed by atoms with E-state index in [-0.39, 0.29) is 18.2 Å². The van der Waals surface area contributed by atoms with Crippen LogP contribution in [0.1, 0.15) is 31.1 Å². The van der Waals surface area contributed by atoms with Crippen molar-refractivity contribution in [3.63, 3.8) is 0 Å². The third-order valence-corrected chi connectivity index (χ3v) is 8.74. The lowest BCUT2D eigenvalue weighted by atomic mass is 10.2. The van der Waals surface area contributed by atoms with Crippen molar-refractivity contribution in [2.75, 3.05) is 52.4 Å². The molecule has 162 valence electrons. The zero-order chi connectivity index (χ0) is 20.9. The fourth-order valence-electron chi connectivity index (χ4n) is 3.59. The monoisotopic (exact) mass is 442 g/mol. The number of carbonyl (C=O) groups excluding carboxylic acids is 2. The molecule has 10 heteroatoms. The minimum absolute atomic E-state index is 0.00653. The van der Waals surface area contributed by atoms with Crippen LogP contribution in [0.25, 0.3) is 0 Å². The summed E-state index contributed by atoms with van der Waals surface area (Å²) in [5.41, 5.74) is 0. The van der Waals surface area contributed by atoms with Gasteiger partial charge in [0.25, 0.3) is 10.0 Å². The summed E-state index contributed by atoms with van der Waals surface area (Å²) in [5.74, 6) is 0.0315. The fourth-order valence-corrected chi connectivity index (χ4v) is 6.61. The van der Waals surface area contributed by atoms with Gasteiger partial charge in [0, 0.05) is 50.7 Å². The van der Waals surface area contributed by atoms with Gasteiger partial charge in [0.05, 0.1) is 13.0 Å². The first kappa shape index (κ1) is 22.2. The summed E-state index contributed by atoms with van der Waals surface area (Å²) in [4.78, 5) is 29.1. The molecule has 2 aliphatic heterocycles. The maximum absolute atomic E-state index is 12.6. The number of piperazine rings is 1. The molecular weight excluding hydrogens is 412 g/mol. The number of nitrogens with zero attached hydrogens (tertiary/aromatic N) is 3. The van der Waals surface area contributed by atoms with Crippen LogP contribution < -0.4 is 5.32 Å². The molecular formula is C19H30N4O4S2. The Hall–Kier alpha value is -1.49. The molecule has 0 atom stereocenters. The zero-order valence-electron chi connectivity index (χ0n) is 16.9. The van der Waals surface area contributed by atoms with E-state index in [9.17, 15) is 18.0 Å². The number of carbonyl (C=O) groups is 2. The van der Waals surface area contributed by atoms with Crippen LogP contribution in [0.4, 0.5) is 0 Å². The van der Waals surface area contributed by atoms with Gasteiger partial charge in [0.1, 0.15) is 4.21 Å². The van der Waals surface area contributed by atoms with E-state index in [1.54, 1.807) is 17.0 Å². The Bertz CT molecular complexity index is 810. The molecule has 0 spiro atoms. The van der Waals surface area contributed by atoms with Gasteiger partial charge >= 0.3 is 0 Å². The van der Waals surface area contributed by atoms with Crippen molar-refractivity contribution in [3.05, 3.63) is 17.0 Å². The van der Waals surface area contributed by atoms with Crippen molar-refractivity contribution in [3.8, 4) is 0 Å². The molecule has 0 unspecified atom stereocenters. The summed E-state index contributed by atoms with van der Waals surface area (Å²) >= 11 is 1.20. The molecule has 1 N–H and O–H groups in total. The molecule has 3 heterocycles. The van der Waals surface area contributed by atoms with Crippen LogP contribution in [0.3, 0.4) is 0 Å². The van der Waals surface area contributed by atoms with Crippen molar-refractivity contribution >= 4 is 33.2 Å². The molecule has 2 saturated heterocycles. The van der Waals surface area contributed by atoms with Gasteiger partial charge in [-0.25, -0.2) is 8.42 Å². The van der Waals surface area contributed by atoms with E-state index in [2.05, 4.69) is 10.2 Å². The summed E-state index contributed by atoms with van der Waals surface area (Å²) < 4.78 is 27.1. The first-order valence-electron chi connectivity index (χ1n) is 10.3. The van der Waals surface area contributed by atoms with Gasteiger partial charge in [0.15, 0.2) is 0 Å². The van der Waals surface area contributed by atoms with E-state index < -0.39 is 10.0 Å². The predicted octanol–water partition coefficient (Wildman–Crippen LogP) is 0.746. The number of thiophene rings is 1. The quantitative estimate of drug-likeness (QED) is 0.642. The molecule has 29 heavy (non-hydrogen) atoms. The first-order chi connectivity index (χ1) is 13.9. The SMILES string of the molecule is CCCNC(=O)CN1CCN(C(=O)Cc2ccc(S(=O)(=O)N3CCCC3)s2)CC1. The minimum Gasteiger partial charge on any atom is -0.355 e. The summed E-state index contributed by atoms with van der Waals surface area (Å²) in [6, 6.07) is 3.37. The lowest BCUT2D eigenvalue weighted by Gasteiger charge is -2.34. The van der Waals surface area contributed by atoms with Crippen molar-refractivity contribution in [2.45, 2.75) is 36.8 Å². The number of nitrogens with one attached hydrogen (secondary N) is 1. The van der Waals surface area contributed by atoms with Gasteiger partial charge < -0.3 is 10.2 Å². The van der Waals surface area contributed by atoms with Crippen LogP contribution in [0, 0.1) is 0 Å². The number of rotatable bonds is 8. The number of sulfonamides is 1. The van der Waals surface area contributed by atoms with E-state index >= 15 is 0 Å². The number of hydrogen-bond donors (Lipinski definition) is 1. The lowest BCUT2D eigenvalue weighted by molar-refractivity contribution is -0.132. The van der Waals surface area contributed by atoms with E-state index in [1.165, 1.54) is 15.6 Å². The second-order valence-corrected chi connectivity index (χ2v) is 10.8. The molecule has 0 bridgehead atoms. The van der Waals surface area contributed by atoms with E-state index in [0.717, 1.165) is 24.1 Å². The van der Waals surface area contributed by atoms with Crippen LogP contribution in [-0.4, -0.2) is 86.7 Å². The molecule has 0 aromatic carbocycles. The van der Waals surface area contributed by atoms with Gasteiger partial charge in [-0.1, -0.05) is 6.92 Å². The van der Waals surface area contributed by atoms with Crippen LogP contribution in [-0.2, 0) is 26.0 Å². The maximum Gasteiger partial charge on any atom is 0.252 e. The van der Waals surface area contributed by atoms with Crippen LogP contribution in [0.2, 0.25) is 0 Å². The van der Waals surface area contributed by atoms with Gasteiger partial charge in [-0.2, -0.15) is 4.31 Å². The minimum atomic E-state index is -3.42. The number of amides is 2. The standard InChI is InChI=1S/C19H30N4O4S2/c1-2-7-20-17(24)15-21-10-12-22(13-11-21)18(25)14-16-5-6-19(28-16)29(26,27)23-8-3-4-9-23/h5-6H,2-4,7-15H2,1H3,(H,20,24). The van der Waals surface area contributed by atoms with Gasteiger partial charge in [-0.15, -0.1) is 11.3 Å². The van der Waals surface area contributed by atoms with Crippen LogP contribution in [0.15, 0.2) is 16.3 Å². The average molecular weight is 443 g/mol. The van der Waals surface area contributed by atoms with Crippen molar-refractivity contribution in [1.82, 2.24) is 19.4 Å². The van der Waals surface area contributed by atoms with E-state index in [0.29, 0.717) is 56.6 Å². The third-order valence-electron chi connectivity index (χ3n) is 5.29. The smallest absolute Gasteiger partial charge is 0.252 e. The highest BCUT2D eigenvalue weighted by molar-refractivity contribution is 7.91. The molecule has 2 fully saturated rings. The van der Waals surface area contributed by atoms with Crippen molar-refractivity contribution in [2.24, 2.45) is 0 Å². The predicted molar refractivity (Wildman–Crippen MR) is 112 cm³/mol. The Labute approximate surface area is 176 Å². The second kappa shape index (κ2) is 10.0. The molecule has 3 rings (SSSR count). The molecule has 1 aromatic rings. The maximum atomic E-state index is 12.6. The Morgan fingerprint density at radius 2 is 1.76 bits per heavy atom. The largest absolute Gasteiger partial charge is 0.355 e. The van der Waals surface area contributed by atoms with Gasteiger partial charge in [0.2, 0.25) is 11.8 Å². The highest BCUT2D eigenvalue weighted by Gasteiger charge is 2.29. The van der Waals surface area contributed by atoms with Gasteiger partial charge in [-0.3, -0.25) is 14.5 Å². The first-order valence-corrected chi connectivity index (χ1v) is 12.5. The Balaban J connectivity index is 1.48. The Morgan fingerprint density at radius 1 is 1.07 bits per heavy atom. The van der Waals surface area contributed by atoms with Gasteiger partial charge in [-0.05, 0) is 31.4 Å². The van der Waals surface area contributed by atoms with Crippen LogP contribution >= 0.6 is 11.3 Å². The topological polar surface area (TPSA) is 90.0 Å². The summed E-state index contributed by atoms with van der Waals surface area (Å²) in [6.45, 7) is 6.74. The summed E-state index contributed by atoms with van der Waals surface area (Å²) in [6.07, 6.45) is 2.94. The molecule has 1 aromatic heterocycles. The zero-order valence-corrected chi connectivity index (χ0v) is 18.6. The third kappa shape index (κ3) is 5.78. The molecule has 2 amide bonds. The summed E-state index contributed by atoms with van der Waals surface area (Å²) in [5, 5.41) is 2.87. The van der Waals surface area contributed by atoms with E-state index in [4.69, 9.17) is 0 Å². The average Bonchev–Trinajstić information content (AvgIpc) is 3.39. The highest BCUT2D eigenvalue weighted by atomic mass is 32.2. The molecule has 0 radical (unpaired) electrons. The van der Waals surface area contributed by atoms with E-state index in [1.807, 2.05) is 6.92 Å². The summed E-state index contributed by atoms with van der Waals surface area (Å²) in [7, 11) is -3.42. The molecule has 2 aliphatic rings. The highest BCUT2D eigenvalue weighted by Crippen LogP contribution is 2.27. The number of hydrogen-bond acceptors (Lipinski definition) is 6. The molecule has 8 nitrogen and oxygen atoms in total. The van der Waals surface area contributed by atoms with Crippen LogP contribution in [0.5, 0.6) is 0 Å². The molecule has 0 saturated carbocycles. The lowest BCUT2D eigenvalue weighted by Crippen LogP contribution is -2.51. The van der Waals surface area contributed by atoms with Crippen molar-refractivity contribution in [1.29, 1.82) is 0 Å². The van der Waals surface area contributed by atoms with Crippen molar-refractivity contribution < 1.29 is 18.0 Å².